The fourth-order valence-corrected chi connectivity index (χ4v) is 3.14. The highest BCUT2D eigenvalue weighted by molar-refractivity contribution is 5.92. The molecule has 0 radical (unpaired) electrons. The van der Waals surface area contributed by atoms with Crippen molar-refractivity contribution >= 4 is 11.7 Å². The van der Waals surface area contributed by atoms with Crippen molar-refractivity contribution in [3.8, 4) is 11.9 Å². The Balaban J connectivity index is 1.79. The third-order valence-electron chi connectivity index (χ3n) is 4.51. The highest BCUT2D eigenvalue weighted by Gasteiger charge is 2.27. The van der Waals surface area contributed by atoms with Crippen LogP contribution in [0.1, 0.15) is 34.8 Å². The molecule has 1 fully saturated rings. The van der Waals surface area contributed by atoms with E-state index >= 15 is 0 Å². The molecule has 2 aromatic heterocycles. The lowest BCUT2D eigenvalue weighted by atomic mass is 9.91. The quantitative estimate of drug-likeness (QED) is 0.875. The van der Waals surface area contributed by atoms with Crippen LogP contribution in [0.2, 0.25) is 0 Å². The van der Waals surface area contributed by atoms with Gasteiger partial charge >= 0.3 is 6.01 Å². The number of hydrogen-bond acceptors (Lipinski definition) is 7. The van der Waals surface area contributed by atoms with E-state index in [2.05, 4.69) is 20.3 Å². The van der Waals surface area contributed by atoms with E-state index in [1.54, 1.807) is 12.3 Å². The number of hydrogen-bond donors (Lipinski definition) is 1. The van der Waals surface area contributed by atoms with Gasteiger partial charge in [0.1, 0.15) is 11.5 Å². The summed E-state index contributed by atoms with van der Waals surface area (Å²) in [7, 11) is 4.80. The van der Waals surface area contributed by atoms with Gasteiger partial charge in [-0.1, -0.05) is 0 Å². The molecule has 1 aliphatic rings. The number of aromatic nitrogens is 3. The van der Waals surface area contributed by atoms with E-state index in [1.807, 2.05) is 24.1 Å². The van der Waals surface area contributed by atoms with Crippen LogP contribution in [0.4, 0.5) is 5.82 Å². The minimum Gasteiger partial charge on any atom is -0.481 e. The van der Waals surface area contributed by atoms with Crippen LogP contribution in [0.25, 0.3) is 0 Å². The van der Waals surface area contributed by atoms with Crippen LogP contribution < -0.4 is 14.8 Å². The second-order valence-corrected chi connectivity index (χ2v) is 6.10. The first-order valence-electron chi connectivity index (χ1n) is 8.54. The van der Waals surface area contributed by atoms with Gasteiger partial charge in [-0.3, -0.25) is 4.79 Å². The van der Waals surface area contributed by atoms with Gasteiger partial charge in [-0.25, -0.2) is 4.98 Å². The fourth-order valence-electron chi connectivity index (χ4n) is 3.14. The summed E-state index contributed by atoms with van der Waals surface area (Å²) in [5, 5.41) is 3.06. The van der Waals surface area contributed by atoms with Crippen molar-refractivity contribution in [2.24, 2.45) is 0 Å². The summed E-state index contributed by atoms with van der Waals surface area (Å²) in [6, 6.07) is 5.71. The SMILES string of the molecule is CNc1cc([C@H]2CCCN(C(=O)c3cc(OC)nc(OC)n3)C2)ccn1. The molecule has 0 aromatic carbocycles. The smallest absolute Gasteiger partial charge is 0.320 e. The number of amides is 1. The molecule has 1 N–H and O–H groups in total. The van der Waals surface area contributed by atoms with Crippen LogP contribution in [0.15, 0.2) is 24.4 Å². The molecule has 0 bridgehead atoms. The van der Waals surface area contributed by atoms with Gasteiger partial charge in [0.2, 0.25) is 5.88 Å². The second kappa shape index (κ2) is 7.99. The van der Waals surface area contributed by atoms with Crippen LogP contribution in [-0.2, 0) is 0 Å². The molecule has 0 unspecified atom stereocenters. The Bertz CT molecular complexity index is 761. The number of anilines is 1. The summed E-state index contributed by atoms with van der Waals surface area (Å²) < 4.78 is 10.2. The summed E-state index contributed by atoms with van der Waals surface area (Å²) in [6.45, 7) is 1.34. The van der Waals surface area contributed by atoms with E-state index in [9.17, 15) is 4.79 Å². The minimum atomic E-state index is -0.142. The number of nitrogens with one attached hydrogen (secondary N) is 1. The van der Waals surface area contributed by atoms with E-state index in [0.717, 1.165) is 18.7 Å². The van der Waals surface area contributed by atoms with Crippen molar-refractivity contribution in [3.63, 3.8) is 0 Å². The summed E-state index contributed by atoms with van der Waals surface area (Å²) in [6.07, 6.45) is 3.77. The van der Waals surface area contributed by atoms with Crippen molar-refractivity contribution in [2.75, 3.05) is 39.7 Å². The van der Waals surface area contributed by atoms with Gasteiger partial charge in [0, 0.05) is 38.3 Å². The number of ether oxygens (including phenoxy) is 2. The third kappa shape index (κ3) is 3.84. The molecule has 3 rings (SSSR count). The van der Waals surface area contributed by atoms with Gasteiger partial charge in [-0.2, -0.15) is 9.97 Å². The second-order valence-electron chi connectivity index (χ2n) is 6.10. The van der Waals surface area contributed by atoms with Crippen molar-refractivity contribution in [3.05, 3.63) is 35.7 Å². The van der Waals surface area contributed by atoms with Crippen LogP contribution in [0, 0.1) is 0 Å². The zero-order valence-electron chi connectivity index (χ0n) is 15.2. The maximum Gasteiger partial charge on any atom is 0.320 e. The van der Waals surface area contributed by atoms with Crippen molar-refractivity contribution < 1.29 is 14.3 Å². The van der Waals surface area contributed by atoms with E-state index in [-0.39, 0.29) is 23.5 Å². The lowest BCUT2D eigenvalue weighted by Crippen LogP contribution is -2.39. The lowest BCUT2D eigenvalue weighted by molar-refractivity contribution is 0.0699. The number of methoxy groups -OCH3 is 2. The number of likely N-dealkylation sites (tertiary alicyclic amines) is 1. The Labute approximate surface area is 152 Å². The van der Waals surface area contributed by atoms with Crippen molar-refractivity contribution in [1.29, 1.82) is 0 Å². The Morgan fingerprint density at radius 1 is 1.27 bits per heavy atom. The monoisotopic (exact) mass is 357 g/mol. The van der Waals surface area contributed by atoms with Gasteiger partial charge in [-0.15, -0.1) is 0 Å². The molecule has 2 aromatic rings. The average Bonchev–Trinajstić information content (AvgIpc) is 2.72. The molecule has 0 aliphatic carbocycles. The van der Waals surface area contributed by atoms with Crippen molar-refractivity contribution in [1.82, 2.24) is 19.9 Å². The first kappa shape index (κ1) is 17.9. The average molecular weight is 357 g/mol. The maximum absolute atomic E-state index is 12.9. The van der Waals surface area contributed by atoms with Crippen LogP contribution in [0.5, 0.6) is 11.9 Å². The topological polar surface area (TPSA) is 89.5 Å². The molecule has 0 spiro atoms. The van der Waals surface area contributed by atoms with Crippen LogP contribution in [0.3, 0.4) is 0 Å². The molecule has 8 nitrogen and oxygen atoms in total. The molecule has 1 atom stereocenters. The van der Waals surface area contributed by atoms with Gasteiger partial charge in [0.05, 0.1) is 14.2 Å². The molecule has 1 amide bonds. The summed E-state index contributed by atoms with van der Waals surface area (Å²) >= 11 is 0. The predicted molar refractivity (Wildman–Crippen MR) is 96.8 cm³/mol. The minimum absolute atomic E-state index is 0.119. The molecular weight excluding hydrogens is 334 g/mol. The van der Waals surface area contributed by atoms with Crippen LogP contribution >= 0.6 is 0 Å². The molecule has 1 aliphatic heterocycles. The maximum atomic E-state index is 12.9. The number of carbonyl (C=O) groups excluding carboxylic acids is 1. The molecule has 1 saturated heterocycles. The van der Waals surface area contributed by atoms with E-state index < -0.39 is 0 Å². The summed E-state index contributed by atoms with van der Waals surface area (Å²) in [5.74, 6) is 1.27. The number of piperidine rings is 1. The van der Waals surface area contributed by atoms with E-state index in [0.29, 0.717) is 19.0 Å². The Morgan fingerprint density at radius 2 is 2.12 bits per heavy atom. The standard InChI is InChI=1S/C18H23N5O3/c1-19-15-9-12(6-7-20-15)13-5-4-8-23(11-13)17(24)14-10-16(25-2)22-18(21-14)26-3/h6-7,9-10,13H,4-5,8,11H2,1-3H3,(H,19,20)/t13-/m0/s1. The van der Waals surface area contributed by atoms with Gasteiger partial charge in [0.25, 0.3) is 5.91 Å². The predicted octanol–water partition coefficient (Wildman–Crippen LogP) is 1.95. The molecule has 138 valence electrons. The summed E-state index contributed by atoms with van der Waals surface area (Å²) in [5.41, 5.74) is 1.46. The lowest BCUT2D eigenvalue weighted by Gasteiger charge is -2.33. The largest absolute Gasteiger partial charge is 0.481 e. The number of rotatable bonds is 5. The number of pyridine rings is 1. The first-order valence-corrected chi connectivity index (χ1v) is 8.54. The third-order valence-corrected chi connectivity index (χ3v) is 4.51. The number of nitrogens with zero attached hydrogens (tertiary/aromatic N) is 4. The molecule has 26 heavy (non-hydrogen) atoms. The molecular formula is C18H23N5O3. The van der Waals surface area contributed by atoms with E-state index in [4.69, 9.17) is 9.47 Å². The highest BCUT2D eigenvalue weighted by Crippen LogP contribution is 2.29. The molecule has 0 saturated carbocycles. The summed E-state index contributed by atoms with van der Waals surface area (Å²) in [4.78, 5) is 27.2. The first-order chi connectivity index (χ1) is 12.6. The van der Waals surface area contributed by atoms with E-state index in [1.165, 1.54) is 19.8 Å². The highest BCUT2D eigenvalue weighted by atomic mass is 16.5. The molecule has 8 heteroatoms. The van der Waals surface area contributed by atoms with Gasteiger partial charge < -0.3 is 19.7 Å². The Hall–Kier alpha value is -2.90. The normalized spacial score (nSPS) is 16.9. The van der Waals surface area contributed by atoms with Crippen molar-refractivity contribution in [2.45, 2.75) is 18.8 Å². The fraction of sp³-hybridized carbons (Fsp3) is 0.444. The zero-order chi connectivity index (χ0) is 18.5. The Kier molecular flexibility index (Phi) is 5.50. The van der Waals surface area contributed by atoms with Crippen LogP contribution in [-0.4, -0.2) is 60.1 Å². The van der Waals surface area contributed by atoms with Gasteiger partial charge in [-0.05, 0) is 30.5 Å². The van der Waals surface area contributed by atoms with Gasteiger partial charge in [0.15, 0.2) is 0 Å². The molecule has 3 heterocycles. The Morgan fingerprint density at radius 3 is 2.85 bits per heavy atom. The number of carbonyl (C=O) groups is 1. The zero-order valence-corrected chi connectivity index (χ0v) is 15.2.